The van der Waals surface area contributed by atoms with Crippen molar-refractivity contribution in [2.24, 2.45) is 5.73 Å². The molecule has 0 bridgehead atoms. The predicted octanol–water partition coefficient (Wildman–Crippen LogP) is 1.80. The number of piperidine rings is 1. The minimum atomic E-state index is -0.563. The summed E-state index contributed by atoms with van der Waals surface area (Å²) in [6.07, 6.45) is 5.26. The molecule has 186 valence electrons. The number of nitrogens with one attached hydrogen (secondary N) is 3. The van der Waals surface area contributed by atoms with Gasteiger partial charge in [-0.05, 0) is 23.8 Å². The number of carbonyl (C=O) groups excluding carboxylic acids is 1. The van der Waals surface area contributed by atoms with Gasteiger partial charge in [-0.1, -0.05) is 24.3 Å². The van der Waals surface area contributed by atoms with Crippen LogP contribution < -0.4 is 32.2 Å². The topological polar surface area (TPSA) is 161 Å². The summed E-state index contributed by atoms with van der Waals surface area (Å²) in [4.78, 5) is 24.8. The lowest BCUT2D eigenvalue weighted by atomic mass is 9.98. The Morgan fingerprint density at radius 3 is 2.81 bits per heavy atom. The number of amides is 1. The Bertz CT molecular complexity index is 1380. The average Bonchev–Trinajstić information content (AvgIpc) is 3.34. The second-order valence-electron chi connectivity index (χ2n) is 8.95. The van der Waals surface area contributed by atoms with E-state index in [9.17, 15) is 4.79 Å². The normalized spacial score (nSPS) is 15.1. The van der Waals surface area contributed by atoms with Crippen molar-refractivity contribution < 1.29 is 14.8 Å². The van der Waals surface area contributed by atoms with Gasteiger partial charge in [-0.2, -0.15) is 4.98 Å². The van der Waals surface area contributed by atoms with E-state index in [2.05, 4.69) is 30.9 Å². The van der Waals surface area contributed by atoms with Crippen LogP contribution in [0, 0.1) is 0 Å². The molecule has 3 heterocycles. The van der Waals surface area contributed by atoms with Gasteiger partial charge in [-0.25, -0.2) is 4.98 Å². The Hall–Kier alpha value is -3.99. The number of nitrogens with two attached hydrogens (primary N) is 3. The first-order valence-corrected chi connectivity index (χ1v) is 12.0. The lowest BCUT2D eigenvalue weighted by Gasteiger charge is -2.23. The summed E-state index contributed by atoms with van der Waals surface area (Å²) < 4.78 is 5.60. The quantitative estimate of drug-likeness (QED) is 0.232. The molecule has 2 aromatic heterocycles. The molecule has 9 N–H and O–H groups in total. The van der Waals surface area contributed by atoms with Crippen molar-refractivity contribution in [2.75, 3.05) is 31.2 Å². The van der Waals surface area contributed by atoms with Crippen LogP contribution in [0.3, 0.4) is 0 Å². The summed E-state index contributed by atoms with van der Waals surface area (Å²) in [5.74, 6) is 1.38. The number of carbonyl (C=O) groups is 1. The van der Waals surface area contributed by atoms with Gasteiger partial charge in [-0.15, -0.1) is 0 Å². The third kappa shape index (κ3) is 4.74. The Kier molecular flexibility index (Phi) is 6.81. The fraction of sp³-hybridized carbons (Fsp3) is 0.269. The minimum absolute atomic E-state index is 0.234. The van der Waals surface area contributed by atoms with E-state index in [1.54, 1.807) is 19.4 Å². The Balaban J connectivity index is 1.40. The largest absolute Gasteiger partial charge is 0.495 e. The molecule has 0 aliphatic carbocycles. The van der Waals surface area contributed by atoms with Crippen LogP contribution in [-0.2, 0) is 0 Å². The molecule has 1 unspecified atom stereocenters. The maximum atomic E-state index is 13.0. The number of ether oxygens (including phenoxy) is 1. The SMILES string of the molecule is COc1cc(C(N)c2c(N)ncnc2[NH2+]C2CCNCC2)ccc1NC(=O)c1c[nH]c2ccccc12. The molecule has 0 spiro atoms. The van der Waals surface area contributed by atoms with E-state index in [0.29, 0.717) is 34.4 Å². The molecule has 1 saturated heterocycles. The molecule has 10 heteroatoms. The summed E-state index contributed by atoms with van der Waals surface area (Å²) >= 11 is 0. The molecule has 0 saturated carbocycles. The third-order valence-corrected chi connectivity index (χ3v) is 6.70. The van der Waals surface area contributed by atoms with Gasteiger partial charge in [0.05, 0.1) is 36.0 Å². The molecule has 1 atom stereocenters. The molecule has 1 aliphatic rings. The highest BCUT2D eigenvalue weighted by Gasteiger charge is 2.26. The number of nitrogen functional groups attached to an aromatic ring is 1. The van der Waals surface area contributed by atoms with Gasteiger partial charge < -0.3 is 31.8 Å². The lowest BCUT2D eigenvalue weighted by Crippen LogP contribution is -2.86. The number of fused-ring (bicyclic) bond motifs is 1. The predicted molar refractivity (Wildman–Crippen MR) is 139 cm³/mol. The monoisotopic (exact) mass is 487 g/mol. The molecule has 1 fully saturated rings. The molecular weight excluding hydrogens is 456 g/mol. The fourth-order valence-electron chi connectivity index (χ4n) is 4.73. The van der Waals surface area contributed by atoms with Crippen LogP contribution in [-0.4, -0.2) is 47.1 Å². The number of hydrogen-bond acceptors (Lipinski definition) is 7. The van der Waals surface area contributed by atoms with Crippen molar-refractivity contribution in [3.8, 4) is 5.75 Å². The standard InChI is InChI=1S/C26H30N8O2/c1-36-21-12-15(6-7-20(21)34-26(35)18-13-30-19-5-3-2-4-17(18)19)23(27)22-24(28)31-14-32-25(22)33-16-8-10-29-11-9-16/h2-7,12-14,16,23,29-30H,8-11,27H2,1H3,(H,34,35)(H3,28,31,32,33)/p+1. The van der Waals surface area contributed by atoms with E-state index in [1.807, 2.05) is 36.4 Å². The highest BCUT2D eigenvalue weighted by Crippen LogP contribution is 2.33. The van der Waals surface area contributed by atoms with Crippen LogP contribution >= 0.6 is 0 Å². The van der Waals surface area contributed by atoms with E-state index in [1.165, 1.54) is 6.33 Å². The van der Waals surface area contributed by atoms with Crippen LogP contribution in [0.15, 0.2) is 55.0 Å². The first kappa shape index (κ1) is 23.7. The highest BCUT2D eigenvalue weighted by atomic mass is 16.5. The van der Waals surface area contributed by atoms with Crippen molar-refractivity contribution in [2.45, 2.75) is 24.9 Å². The summed E-state index contributed by atoms with van der Waals surface area (Å²) in [5.41, 5.74) is 16.4. The Morgan fingerprint density at radius 1 is 1.19 bits per heavy atom. The van der Waals surface area contributed by atoms with Gasteiger partial charge in [0.15, 0.2) is 0 Å². The average molecular weight is 488 g/mol. The summed E-state index contributed by atoms with van der Waals surface area (Å²) in [6, 6.07) is 13.0. The van der Waals surface area contributed by atoms with Gasteiger partial charge in [0, 0.05) is 43.0 Å². The number of benzene rings is 2. The smallest absolute Gasteiger partial charge is 0.257 e. The first-order chi connectivity index (χ1) is 17.5. The maximum absolute atomic E-state index is 13.0. The van der Waals surface area contributed by atoms with Crippen LogP contribution in [0.2, 0.25) is 0 Å². The second kappa shape index (κ2) is 10.3. The van der Waals surface area contributed by atoms with Crippen LogP contribution in [0.5, 0.6) is 5.75 Å². The van der Waals surface area contributed by atoms with Crippen molar-refractivity contribution in [1.82, 2.24) is 20.3 Å². The molecule has 0 radical (unpaired) electrons. The molecule has 1 aliphatic heterocycles. The van der Waals surface area contributed by atoms with E-state index in [-0.39, 0.29) is 5.91 Å². The number of anilines is 2. The number of rotatable bonds is 7. The van der Waals surface area contributed by atoms with E-state index >= 15 is 0 Å². The van der Waals surface area contributed by atoms with Gasteiger partial charge in [0.2, 0.25) is 5.82 Å². The lowest BCUT2D eigenvalue weighted by molar-refractivity contribution is -0.617. The number of para-hydroxylation sites is 1. The molecular formula is C26H31N8O2+. The zero-order chi connectivity index (χ0) is 25.1. The molecule has 36 heavy (non-hydrogen) atoms. The zero-order valence-electron chi connectivity index (χ0n) is 20.1. The van der Waals surface area contributed by atoms with Crippen molar-refractivity contribution >= 4 is 34.1 Å². The fourth-order valence-corrected chi connectivity index (χ4v) is 4.73. The number of nitrogens with zero attached hydrogens (tertiary/aromatic N) is 2. The summed E-state index contributed by atoms with van der Waals surface area (Å²) in [7, 11) is 1.56. The molecule has 10 nitrogen and oxygen atoms in total. The summed E-state index contributed by atoms with van der Waals surface area (Å²) in [6.45, 7) is 1.96. The number of hydrogen-bond donors (Lipinski definition) is 6. The first-order valence-electron chi connectivity index (χ1n) is 12.0. The van der Waals surface area contributed by atoms with Crippen LogP contribution in [0.1, 0.15) is 40.4 Å². The number of methoxy groups -OCH3 is 1. The Morgan fingerprint density at radius 2 is 2.00 bits per heavy atom. The third-order valence-electron chi connectivity index (χ3n) is 6.70. The Labute approximate surface area is 208 Å². The number of H-pyrrole nitrogens is 1. The maximum Gasteiger partial charge on any atom is 0.257 e. The minimum Gasteiger partial charge on any atom is -0.495 e. The van der Waals surface area contributed by atoms with Gasteiger partial charge in [0.1, 0.15) is 17.9 Å². The van der Waals surface area contributed by atoms with Gasteiger partial charge in [0.25, 0.3) is 5.91 Å². The van der Waals surface area contributed by atoms with E-state index in [4.69, 9.17) is 16.2 Å². The van der Waals surface area contributed by atoms with Crippen LogP contribution in [0.4, 0.5) is 17.3 Å². The number of aromatic nitrogens is 3. The zero-order valence-corrected chi connectivity index (χ0v) is 20.1. The molecule has 5 rings (SSSR count). The number of quaternary nitrogens is 1. The van der Waals surface area contributed by atoms with Crippen molar-refractivity contribution in [3.63, 3.8) is 0 Å². The second-order valence-corrected chi connectivity index (χ2v) is 8.95. The van der Waals surface area contributed by atoms with Crippen molar-refractivity contribution in [3.05, 3.63) is 71.7 Å². The highest BCUT2D eigenvalue weighted by molar-refractivity contribution is 6.13. The van der Waals surface area contributed by atoms with Crippen LogP contribution in [0.25, 0.3) is 10.9 Å². The van der Waals surface area contributed by atoms with Gasteiger partial charge in [-0.3, -0.25) is 10.1 Å². The summed E-state index contributed by atoms with van der Waals surface area (Å²) in [5, 5.41) is 9.33. The van der Waals surface area contributed by atoms with Crippen molar-refractivity contribution in [1.29, 1.82) is 0 Å². The van der Waals surface area contributed by atoms with E-state index in [0.717, 1.165) is 48.2 Å². The number of aromatic amines is 1. The van der Waals surface area contributed by atoms with E-state index < -0.39 is 6.04 Å². The molecule has 2 aromatic carbocycles. The molecule has 1 amide bonds. The molecule has 4 aromatic rings. The van der Waals surface area contributed by atoms with Gasteiger partial charge >= 0.3 is 0 Å².